The van der Waals surface area contributed by atoms with E-state index in [0.717, 1.165) is 18.6 Å². The van der Waals surface area contributed by atoms with Crippen LogP contribution in [0.5, 0.6) is 0 Å². The van der Waals surface area contributed by atoms with E-state index in [-0.39, 0.29) is 11.6 Å². The number of nitrogens with zero attached hydrogens (tertiary/aromatic N) is 1. The summed E-state index contributed by atoms with van der Waals surface area (Å²) in [5, 5.41) is 11.9. The molecule has 0 radical (unpaired) electrons. The minimum Gasteiger partial charge on any atom is -0.379 e. The molecule has 0 aromatic heterocycles. The summed E-state index contributed by atoms with van der Waals surface area (Å²) in [6, 6.07) is 4.95. The molecule has 3 nitrogen and oxygen atoms in total. The lowest BCUT2D eigenvalue weighted by molar-refractivity contribution is -0.137. The molecule has 1 saturated heterocycles. The van der Waals surface area contributed by atoms with Gasteiger partial charge in [0.25, 0.3) is 0 Å². The Kier molecular flexibility index (Phi) is 3.43. The molecule has 1 heterocycles. The fraction of sp³-hybridized carbons (Fsp3) is 0.417. The van der Waals surface area contributed by atoms with Crippen LogP contribution in [-0.2, 0) is 10.9 Å². The zero-order valence-corrected chi connectivity index (χ0v) is 9.42. The molecule has 1 N–H and O–H groups in total. The second-order valence-corrected chi connectivity index (χ2v) is 4.07. The smallest absolute Gasteiger partial charge is 0.379 e. The first-order valence-electron chi connectivity index (χ1n) is 5.46. The second kappa shape index (κ2) is 4.86. The lowest BCUT2D eigenvalue weighted by Crippen LogP contribution is -2.19. The highest BCUT2D eigenvalue weighted by molar-refractivity contribution is 5.59. The maximum absolute atomic E-state index is 12.5. The van der Waals surface area contributed by atoms with Gasteiger partial charge in [0, 0.05) is 6.61 Å². The van der Waals surface area contributed by atoms with E-state index >= 15 is 0 Å². The third-order valence-corrected chi connectivity index (χ3v) is 2.76. The Bertz CT molecular complexity index is 473. The Labute approximate surface area is 102 Å². The molecule has 0 saturated carbocycles. The Morgan fingerprint density at radius 1 is 1.39 bits per heavy atom. The van der Waals surface area contributed by atoms with Crippen LogP contribution >= 0.6 is 0 Å². The van der Waals surface area contributed by atoms with Gasteiger partial charge in [0.1, 0.15) is 6.07 Å². The molecule has 1 aromatic rings. The number of halogens is 3. The van der Waals surface area contributed by atoms with Crippen molar-refractivity contribution in [1.82, 2.24) is 0 Å². The number of hydrogen-bond donors (Lipinski definition) is 1. The summed E-state index contributed by atoms with van der Waals surface area (Å²) < 4.78 is 42.6. The number of nitrogens with one attached hydrogen (secondary N) is 1. The number of benzene rings is 1. The predicted octanol–water partition coefficient (Wildman–Crippen LogP) is 2.78. The van der Waals surface area contributed by atoms with Crippen LogP contribution < -0.4 is 5.32 Å². The second-order valence-electron chi connectivity index (χ2n) is 4.07. The van der Waals surface area contributed by atoms with Gasteiger partial charge in [-0.05, 0) is 24.6 Å². The van der Waals surface area contributed by atoms with E-state index in [9.17, 15) is 13.2 Å². The summed E-state index contributed by atoms with van der Waals surface area (Å²) in [6.45, 7) is 1.13. The van der Waals surface area contributed by atoms with E-state index in [0.29, 0.717) is 18.9 Å². The number of alkyl halides is 3. The molecule has 96 valence electrons. The van der Waals surface area contributed by atoms with E-state index in [2.05, 4.69) is 5.32 Å². The van der Waals surface area contributed by atoms with Crippen LogP contribution in [0.3, 0.4) is 0 Å². The van der Waals surface area contributed by atoms with Gasteiger partial charge in [0.05, 0.1) is 29.5 Å². The minimum atomic E-state index is -4.43. The number of nitriles is 1. The molecule has 18 heavy (non-hydrogen) atoms. The van der Waals surface area contributed by atoms with E-state index in [1.807, 2.05) is 0 Å². The van der Waals surface area contributed by atoms with Gasteiger partial charge in [0.15, 0.2) is 0 Å². The first-order chi connectivity index (χ1) is 8.50. The van der Waals surface area contributed by atoms with Crippen molar-refractivity contribution in [3.8, 4) is 6.07 Å². The van der Waals surface area contributed by atoms with Gasteiger partial charge >= 0.3 is 6.18 Å². The highest BCUT2D eigenvalue weighted by atomic mass is 19.4. The Morgan fingerprint density at radius 3 is 2.72 bits per heavy atom. The number of ether oxygens (including phenoxy) is 1. The van der Waals surface area contributed by atoms with Gasteiger partial charge in [-0.1, -0.05) is 0 Å². The summed E-state index contributed by atoms with van der Waals surface area (Å²) in [5.41, 5.74) is -0.398. The topological polar surface area (TPSA) is 45.0 Å². The van der Waals surface area contributed by atoms with Crippen molar-refractivity contribution in [3.63, 3.8) is 0 Å². The third kappa shape index (κ3) is 2.74. The molecular weight excluding hydrogens is 245 g/mol. The van der Waals surface area contributed by atoms with E-state index in [1.54, 1.807) is 6.07 Å². The van der Waals surface area contributed by atoms with Crippen molar-refractivity contribution in [2.75, 3.05) is 18.5 Å². The molecule has 0 spiro atoms. The van der Waals surface area contributed by atoms with Gasteiger partial charge in [0.2, 0.25) is 0 Å². The van der Waals surface area contributed by atoms with Gasteiger partial charge in [-0.3, -0.25) is 0 Å². The summed E-state index contributed by atoms with van der Waals surface area (Å²) in [7, 11) is 0. The van der Waals surface area contributed by atoms with Crippen LogP contribution in [0.2, 0.25) is 0 Å². The van der Waals surface area contributed by atoms with Crippen molar-refractivity contribution in [2.24, 2.45) is 0 Å². The average molecular weight is 256 g/mol. The standard InChI is InChI=1S/C12H11F3N2O/c13-12(14,15)9-1-2-11(8(5-9)6-16)17-10-3-4-18-7-10/h1-2,5,10,17H,3-4,7H2. The van der Waals surface area contributed by atoms with Crippen LogP contribution in [0.4, 0.5) is 18.9 Å². The molecule has 1 atom stereocenters. The molecule has 1 unspecified atom stereocenters. The fourth-order valence-corrected chi connectivity index (χ4v) is 1.81. The van der Waals surface area contributed by atoms with Gasteiger partial charge in [-0.15, -0.1) is 0 Å². The first-order valence-corrected chi connectivity index (χ1v) is 5.46. The number of hydrogen-bond acceptors (Lipinski definition) is 3. The average Bonchev–Trinajstić information content (AvgIpc) is 2.81. The van der Waals surface area contributed by atoms with E-state index in [4.69, 9.17) is 10.00 Å². The van der Waals surface area contributed by atoms with Gasteiger partial charge in [-0.25, -0.2) is 0 Å². The zero-order valence-electron chi connectivity index (χ0n) is 9.42. The first kappa shape index (κ1) is 12.7. The molecule has 2 rings (SSSR count). The summed E-state index contributed by atoms with van der Waals surface area (Å²) in [5.74, 6) is 0. The molecule has 0 aliphatic carbocycles. The highest BCUT2D eigenvalue weighted by Crippen LogP contribution is 2.32. The maximum Gasteiger partial charge on any atom is 0.416 e. The van der Waals surface area contributed by atoms with Crippen LogP contribution in [0, 0.1) is 11.3 Å². The lowest BCUT2D eigenvalue weighted by Gasteiger charge is -2.15. The van der Waals surface area contributed by atoms with Crippen molar-refractivity contribution < 1.29 is 17.9 Å². The minimum absolute atomic E-state index is 0.00303. The summed E-state index contributed by atoms with van der Waals surface area (Å²) in [4.78, 5) is 0. The molecular formula is C12H11F3N2O. The van der Waals surface area contributed by atoms with Crippen LogP contribution in [0.1, 0.15) is 17.5 Å². The highest BCUT2D eigenvalue weighted by Gasteiger charge is 2.31. The molecule has 1 aromatic carbocycles. The third-order valence-electron chi connectivity index (χ3n) is 2.76. The number of anilines is 1. The Balaban J connectivity index is 2.23. The Morgan fingerprint density at radius 2 is 2.17 bits per heavy atom. The molecule has 1 aliphatic rings. The largest absolute Gasteiger partial charge is 0.416 e. The van der Waals surface area contributed by atoms with E-state index < -0.39 is 11.7 Å². The summed E-state index contributed by atoms with van der Waals surface area (Å²) in [6.07, 6.45) is -3.65. The van der Waals surface area contributed by atoms with Crippen molar-refractivity contribution >= 4 is 5.69 Å². The fourth-order valence-electron chi connectivity index (χ4n) is 1.81. The molecule has 6 heteroatoms. The Hall–Kier alpha value is -1.74. The van der Waals surface area contributed by atoms with E-state index in [1.165, 1.54) is 6.07 Å². The molecule has 0 amide bonds. The molecule has 1 aliphatic heterocycles. The van der Waals surface area contributed by atoms with Crippen molar-refractivity contribution in [2.45, 2.75) is 18.6 Å². The lowest BCUT2D eigenvalue weighted by atomic mass is 10.1. The normalized spacial score (nSPS) is 19.6. The van der Waals surface area contributed by atoms with Gasteiger partial charge < -0.3 is 10.1 Å². The van der Waals surface area contributed by atoms with Crippen molar-refractivity contribution in [1.29, 1.82) is 5.26 Å². The monoisotopic (exact) mass is 256 g/mol. The zero-order chi connectivity index (χ0) is 13.2. The van der Waals surface area contributed by atoms with Crippen LogP contribution in [-0.4, -0.2) is 19.3 Å². The number of rotatable bonds is 2. The quantitative estimate of drug-likeness (QED) is 0.884. The van der Waals surface area contributed by atoms with Crippen molar-refractivity contribution in [3.05, 3.63) is 29.3 Å². The molecule has 1 fully saturated rings. The van der Waals surface area contributed by atoms with Crippen LogP contribution in [0.15, 0.2) is 18.2 Å². The van der Waals surface area contributed by atoms with Crippen LogP contribution in [0.25, 0.3) is 0 Å². The maximum atomic E-state index is 12.5. The SMILES string of the molecule is N#Cc1cc(C(F)(F)F)ccc1NC1CCOC1. The van der Waals surface area contributed by atoms with Gasteiger partial charge in [-0.2, -0.15) is 18.4 Å². The predicted molar refractivity (Wildman–Crippen MR) is 59.0 cm³/mol. The summed E-state index contributed by atoms with van der Waals surface area (Å²) >= 11 is 0. The molecule has 0 bridgehead atoms.